The Morgan fingerprint density at radius 1 is 0.534 bits per heavy atom. The monoisotopic (exact) mass is 795 g/mol. The second-order valence-corrected chi connectivity index (χ2v) is 17.4. The summed E-state index contributed by atoms with van der Waals surface area (Å²) in [5.74, 6) is 4.02. The van der Waals surface area contributed by atoms with Crippen LogP contribution in [0.2, 0.25) is 0 Å². The van der Waals surface area contributed by atoms with E-state index in [1.807, 2.05) is 26.0 Å². The molecular formula is C53H78O5. The van der Waals surface area contributed by atoms with Crippen LogP contribution >= 0.6 is 0 Å². The maximum atomic E-state index is 13.8. The number of Topliss-reactive ketones (excluding diaryl/α,β-unsaturated/α-hetero) is 1. The Morgan fingerprint density at radius 2 is 0.828 bits per heavy atom. The van der Waals surface area contributed by atoms with E-state index in [1.54, 1.807) is 0 Å². The first-order valence-electron chi connectivity index (χ1n) is 21.7. The number of aromatic hydroxyl groups is 2. The van der Waals surface area contributed by atoms with Crippen LogP contribution < -0.4 is 9.47 Å². The lowest BCUT2D eigenvalue weighted by Gasteiger charge is -2.25. The van der Waals surface area contributed by atoms with Gasteiger partial charge >= 0.3 is 0 Å². The summed E-state index contributed by atoms with van der Waals surface area (Å²) < 4.78 is 13.2. The average Bonchev–Trinajstić information content (AvgIpc) is 3.14. The molecule has 0 aliphatic heterocycles. The van der Waals surface area contributed by atoms with Gasteiger partial charge in [0.15, 0.2) is 0 Å². The summed E-state index contributed by atoms with van der Waals surface area (Å²) in [7, 11) is 0. The van der Waals surface area contributed by atoms with Gasteiger partial charge < -0.3 is 19.7 Å². The highest BCUT2D eigenvalue weighted by atomic mass is 16.5. The number of phenolic OH excluding ortho intramolecular Hbond substituents is 2. The molecule has 2 N–H and O–H groups in total. The van der Waals surface area contributed by atoms with Crippen LogP contribution in [0.4, 0.5) is 0 Å². The maximum Gasteiger partial charge on any atom is 0.137 e. The minimum Gasteiger partial charge on any atom is -0.507 e. The van der Waals surface area contributed by atoms with Gasteiger partial charge in [-0.25, -0.2) is 0 Å². The lowest BCUT2D eigenvalue weighted by atomic mass is 9.84. The summed E-state index contributed by atoms with van der Waals surface area (Å²) >= 11 is 0. The molecule has 0 heterocycles. The normalized spacial score (nSPS) is 12.8. The van der Waals surface area contributed by atoms with E-state index in [2.05, 4.69) is 121 Å². The number of ketones is 1. The second-order valence-electron chi connectivity index (χ2n) is 17.4. The van der Waals surface area contributed by atoms with Gasteiger partial charge in [-0.3, -0.25) is 4.79 Å². The summed E-state index contributed by atoms with van der Waals surface area (Å²) in [4.78, 5) is 13.8. The van der Waals surface area contributed by atoms with Crippen LogP contribution in [0.3, 0.4) is 0 Å². The van der Waals surface area contributed by atoms with Gasteiger partial charge in [0.25, 0.3) is 0 Å². The van der Waals surface area contributed by atoms with Gasteiger partial charge in [0, 0.05) is 47.9 Å². The Labute approximate surface area is 353 Å². The number of hydrogen-bond donors (Lipinski definition) is 2. The van der Waals surface area contributed by atoms with E-state index in [4.69, 9.17) is 9.47 Å². The number of allylic oxidation sites excluding steroid dienone is 12. The molecule has 0 spiro atoms. The summed E-state index contributed by atoms with van der Waals surface area (Å²) in [6.07, 6.45) is 18.7. The van der Waals surface area contributed by atoms with Crippen LogP contribution in [-0.4, -0.2) is 16.0 Å². The molecule has 320 valence electrons. The van der Waals surface area contributed by atoms with Crippen molar-refractivity contribution in [2.24, 2.45) is 11.8 Å². The fourth-order valence-electron chi connectivity index (χ4n) is 7.48. The molecule has 2 rings (SSSR count). The standard InChI is InChI=1S/C53H78O5/c1-17-42(18-2)57-52-44(25-21-33(5)6)39(15)48(50(55)46(52)27-23-35(9)10)31-37(13)29-41(54)30-38(14)32-49-40(16)45(26-22-34(7)8)53(58-43(19-3)20-4)47(51(49)56)28-24-36(11)12/h17,19,21-24,37-38,55-56H,18,20,25-32H2,1-16H3. The van der Waals surface area contributed by atoms with Crippen molar-refractivity contribution >= 4 is 5.78 Å². The van der Waals surface area contributed by atoms with E-state index in [0.29, 0.717) is 51.4 Å². The molecular weight excluding hydrogens is 717 g/mol. The second kappa shape index (κ2) is 24.0. The van der Waals surface area contributed by atoms with Crippen molar-refractivity contribution in [2.75, 3.05) is 0 Å². The molecule has 2 aromatic rings. The molecule has 0 bridgehead atoms. The Morgan fingerprint density at radius 3 is 1.09 bits per heavy atom. The molecule has 0 aliphatic carbocycles. The first-order valence-corrected chi connectivity index (χ1v) is 21.7. The Kier molecular flexibility index (Phi) is 20.6. The molecule has 2 atom stereocenters. The largest absolute Gasteiger partial charge is 0.507 e. The predicted octanol–water partition coefficient (Wildman–Crippen LogP) is 14.5. The quantitative estimate of drug-likeness (QED) is 0.0917. The number of ether oxygens (including phenoxy) is 2. The Bertz CT molecular complexity index is 1680. The zero-order valence-electron chi connectivity index (χ0n) is 39.3. The molecule has 5 heteroatoms. The molecule has 0 aromatic heterocycles. The van der Waals surface area contributed by atoms with E-state index in [0.717, 1.165) is 80.4 Å². The third-order valence-electron chi connectivity index (χ3n) is 11.0. The van der Waals surface area contributed by atoms with E-state index >= 15 is 0 Å². The van der Waals surface area contributed by atoms with Crippen molar-refractivity contribution in [3.8, 4) is 23.0 Å². The van der Waals surface area contributed by atoms with Crippen molar-refractivity contribution in [1.29, 1.82) is 0 Å². The average molecular weight is 795 g/mol. The number of rotatable bonds is 22. The highest BCUT2D eigenvalue weighted by Gasteiger charge is 2.27. The topological polar surface area (TPSA) is 76.0 Å². The van der Waals surface area contributed by atoms with Gasteiger partial charge in [0.1, 0.15) is 28.8 Å². The first kappa shape index (κ1) is 49.9. The SMILES string of the molecule is CC=C(CC)Oc1c(CC=C(C)C)c(C)c(CC(C)CC(=O)CC(C)Cc2c(C)c(CC=C(C)C)c(OC(=CC)CC)c(CC=C(C)C)c2O)c(O)c1CC=C(C)C. The van der Waals surface area contributed by atoms with Crippen LogP contribution in [0, 0.1) is 25.7 Å². The molecule has 0 saturated carbocycles. The zero-order chi connectivity index (χ0) is 43.9. The number of carbonyl (C=O) groups excluding carboxylic acids is 1. The fourth-order valence-corrected chi connectivity index (χ4v) is 7.48. The third kappa shape index (κ3) is 14.5. The molecule has 2 unspecified atom stereocenters. The summed E-state index contributed by atoms with van der Waals surface area (Å²) in [6, 6.07) is 0. The highest BCUT2D eigenvalue weighted by molar-refractivity contribution is 5.79. The van der Waals surface area contributed by atoms with E-state index in [1.165, 1.54) is 22.3 Å². The van der Waals surface area contributed by atoms with Crippen LogP contribution in [-0.2, 0) is 43.3 Å². The van der Waals surface area contributed by atoms with Crippen molar-refractivity contribution in [2.45, 2.75) is 175 Å². The maximum absolute atomic E-state index is 13.8. The van der Waals surface area contributed by atoms with Crippen LogP contribution in [0.1, 0.15) is 167 Å². The molecule has 5 nitrogen and oxygen atoms in total. The highest BCUT2D eigenvalue weighted by Crippen LogP contribution is 2.44. The third-order valence-corrected chi connectivity index (χ3v) is 11.0. The van der Waals surface area contributed by atoms with Crippen molar-refractivity contribution in [3.63, 3.8) is 0 Å². The number of benzene rings is 2. The Hall–Kier alpha value is -4.25. The van der Waals surface area contributed by atoms with Gasteiger partial charge in [-0.2, -0.15) is 0 Å². The van der Waals surface area contributed by atoms with Crippen molar-refractivity contribution in [3.05, 3.63) is 115 Å². The summed E-state index contributed by atoms with van der Waals surface area (Å²) in [5.41, 5.74) is 12.4. The Balaban J connectivity index is 2.54. The minimum absolute atomic E-state index is 0.0164. The lowest BCUT2D eigenvalue weighted by Crippen LogP contribution is -2.15. The van der Waals surface area contributed by atoms with Crippen LogP contribution in [0.25, 0.3) is 0 Å². The van der Waals surface area contributed by atoms with Gasteiger partial charge in [0.2, 0.25) is 0 Å². The minimum atomic E-state index is 0.0164. The smallest absolute Gasteiger partial charge is 0.137 e. The van der Waals surface area contributed by atoms with Crippen LogP contribution in [0.15, 0.2) is 70.3 Å². The molecule has 0 fully saturated rings. The number of hydrogen-bond acceptors (Lipinski definition) is 5. The van der Waals surface area contributed by atoms with E-state index in [9.17, 15) is 15.0 Å². The molecule has 0 amide bonds. The number of phenols is 2. The molecule has 0 saturated heterocycles. The summed E-state index contributed by atoms with van der Waals surface area (Å²) in [5, 5.41) is 23.9. The molecule has 2 aromatic carbocycles. The molecule has 0 radical (unpaired) electrons. The summed E-state index contributed by atoms with van der Waals surface area (Å²) in [6.45, 7) is 33.2. The van der Waals surface area contributed by atoms with Gasteiger partial charge in [-0.15, -0.1) is 0 Å². The van der Waals surface area contributed by atoms with E-state index < -0.39 is 0 Å². The van der Waals surface area contributed by atoms with E-state index in [-0.39, 0.29) is 29.1 Å². The van der Waals surface area contributed by atoms with Crippen LogP contribution in [0.5, 0.6) is 23.0 Å². The fraction of sp³-hybridized carbons (Fsp3) is 0.528. The van der Waals surface area contributed by atoms with Crippen molar-refractivity contribution < 1.29 is 24.5 Å². The lowest BCUT2D eigenvalue weighted by molar-refractivity contribution is -0.120. The van der Waals surface area contributed by atoms with Crippen molar-refractivity contribution in [1.82, 2.24) is 0 Å². The molecule has 58 heavy (non-hydrogen) atoms. The van der Waals surface area contributed by atoms with Gasteiger partial charge in [0.05, 0.1) is 11.5 Å². The van der Waals surface area contributed by atoms with Gasteiger partial charge in [-0.05, 0) is 168 Å². The predicted molar refractivity (Wildman–Crippen MR) is 248 cm³/mol. The van der Waals surface area contributed by atoms with Gasteiger partial charge in [-0.1, -0.05) is 74.3 Å². The zero-order valence-corrected chi connectivity index (χ0v) is 39.3. The number of carbonyl (C=O) groups is 1. The molecule has 0 aliphatic rings. The first-order chi connectivity index (χ1) is 27.3.